The summed E-state index contributed by atoms with van der Waals surface area (Å²) in [5.74, 6) is -0.227. The first-order valence-corrected chi connectivity index (χ1v) is 9.30. The minimum absolute atomic E-state index is 0.112. The summed E-state index contributed by atoms with van der Waals surface area (Å²) in [5, 5.41) is 0. The van der Waals surface area contributed by atoms with E-state index < -0.39 is 5.41 Å². The molecular formula is C22H24N2O2. The lowest BCUT2D eigenvalue weighted by Crippen LogP contribution is -2.52. The Kier molecular flexibility index (Phi) is 4.06. The van der Waals surface area contributed by atoms with Crippen molar-refractivity contribution in [2.45, 2.75) is 33.1 Å². The highest BCUT2D eigenvalue weighted by Crippen LogP contribution is 2.35. The molecule has 2 aliphatic heterocycles. The summed E-state index contributed by atoms with van der Waals surface area (Å²) in [6.45, 7) is 4.83. The normalized spacial score (nSPS) is 16.2. The Morgan fingerprint density at radius 3 is 1.88 bits per heavy atom. The van der Waals surface area contributed by atoms with Gasteiger partial charge in [-0.15, -0.1) is 0 Å². The second kappa shape index (κ2) is 6.27. The van der Waals surface area contributed by atoms with E-state index >= 15 is 0 Å². The van der Waals surface area contributed by atoms with E-state index in [0.717, 1.165) is 30.6 Å². The zero-order valence-corrected chi connectivity index (χ0v) is 15.4. The average Bonchev–Trinajstić information content (AvgIpc) is 3.10. The second-order valence-electron chi connectivity index (χ2n) is 7.65. The van der Waals surface area contributed by atoms with Crippen molar-refractivity contribution in [1.82, 2.24) is 0 Å². The van der Waals surface area contributed by atoms with Gasteiger partial charge in [0.2, 0.25) is 11.8 Å². The number of amides is 2. The highest BCUT2D eigenvalue weighted by Gasteiger charge is 2.44. The van der Waals surface area contributed by atoms with Crippen molar-refractivity contribution >= 4 is 23.2 Å². The quantitative estimate of drug-likeness (QED) is 0.778. The molecule has 134 valence electrons. The van der Waals surface area contributed by atoms with Gasteiger partial charge in [0.05, 0.1) is 0 Å². The van der Waals surface area contributed by atoms with Crippen LogP contribution in [0.15, 0.2) is 48.5 Å². The van der Waals surface area contributed by atoms with E-state index in [1.54, 1.807) is 23.6 Å². The number of hydrogen-bond acceptors (Lipinski definition) is 2. The van der Waals surface area contributed by atoms with Gasteiger partial charge in [0.15, 0.2) is 0 Å². The molecule has 0 aromatic heterocycles. The van der Waals surface area contributed by atoms with Crippen molar-refractivity contribution in [3.63, 3.8) is 0 Å². The van der Waals surface area contributed by atoms with Gasteiger partial charge in [-0.3, -0.25) is 9.59 Å². The van der Waals surface area contributed by atoms with E-state index in [9.17, 15) is 9.59 Å². The van der Waals surface area contributed by atoms with E-state index in [2.05, 4.69) is 12.1 Å². The van der Waals surface area contributed by atoms with Crippen LogP contribution < -0.4 is 9.80 Å². The van der Waals surface area contributed by atoms with Crippen LogP contribution in [-0.4, -0.2) is 24.9 Å². The van der Waals surface area contributed by atoms with Crippen LogP contribution in [0.5, 0.6) is 0 Å². The van der Waals surface area contributed by atoms with Crippen molar-refractivity contribution in [1.29, 1.82) is 0 Å². The minimum atomic E-state index is -1.10. The standard InChI is InChI=1S/C22H24N2O2/c1-22(2,21(26)24-15-13-17-9-4-6-12-19(17)24)20(25)23-14-7-10-16-8-3-5-11-18(16)23/h3-6,8-9,11-12H,7,10,13-15H2,1-2H3. The Labute approximate surface area is 154 Å². The number of para-hydroxylation sites is 2. The molecule has 2 heterocycles. The number of benzene rings is 2. The van der Waals surface area contributed by atoms with Gasteiger partial charge < -0.3 is 9.80 Å². The van der Waals surface area contributed by atoms with Crippen molar-refractivity contribution < 1.29 is 9.59 Å². The molecule has 2 aromatic carbocycles. The van der Waals surface area contributed by atoms with Gasteiger partial charge in [0.1, 0.15) is 5.41 Å². The average molecular weight is 348 g/mol. The van der Waals surface area contributed by atoms with Crippen molar-refractivity contribution in [3.05, 3.63) is 59.7 Å². The third-order valence-corrected chi connectivity index (χ3v) is 5.56. The fraction of sp³-hybridized carbons (Fsp3) is 0.364. The largest absolute Gasteiger partial charge is 0.311 e. The van der Waals surface area contributed by atoms with E-state index in [-0.39, 0.29) is 11.8 Å². The summed E-state index contributed by atoms with van der Waals surface area (Å²) in [7, 11) is 0. The van der Waals surface area contributed by atoms with E-state index in [0.29, 0.717) is 13.1 Å². The maximum absolute atomic E-state index is 13.4. The summed E-state index contributed by atoms with van der Waals surface area (Å²) in [6.07, 6.45) is 2.76. The molecular weight excluding hydrogens is 324 g/mol. The Balaban J connectivity index is 1.63. The molecule has 0 bridgehead atoms. The molecule has 0 radical (unpaired) electrons. The molecule has 26 heavy (non-hydrogen) atoms. The van der Waals surface area contributed by atoms with Gasteiger partial charge >= 0.3 is 0 Å². The summed E-state index contributed by atoms with van der Waals surface area (Å²) in [4.78, 5) is 30.3. The number of anilines is 2. The predicted octanol–water partition coefficient (Wildman–Crippen LogP) is 3.58. The third kappa shape index (κ3) is 2.61. The first-order chi connectivity index (χ1) is 12.5. The van der Waals surface area contributed by atoms with E-state index in [1.807, 2.05) is 36.4 Å². The zero-order valence-electron chi connectivity index (χ0n) is 15.4. The number of fused-ring (bicyclic) bond motifs is 2. The molecule has 0 aliphatic carbocycles. The highest BCUT2D eigenvalue weighted by molar-refractivity contribution is 6.16. The zero-order chi connectivity index (χ0) is 18.3. The Bertz CT molecular complexity index is 872. The van der Waals surface area contributed by atoms with Crippen LogP contribution in [0.25, 0.3) is 0 Å². The summed E-state index contributed by atoms with van der Waals surface area (Å²) < 4.78 is 0. The van der Waals surface area contributed by atoms with Gasteiger partial charge in [-0.05, 0) is 56.4 Å². The third-order valence-electron chi connectivity index (χ3n) is 5.56. The second-order valence-corrected chi connectivity index (χ2v) is 7.65. The van der Waals surface area contributed by atoms with E-state index in [4.69, 9.17) is 0 Å². The fourth-order valence-corrected chi connectivity index (χ4v) is 4.06. The van der Waals surface area contributed by atoms with Gasteiger partial charge in [0.25, 0.3) is 0 Å². The Hall–Kier alpha value is -2.62. The summed E-state index contributed by atoms with van der Waals surface area (Å²) in [6, 6.07) is 16.0. The lowest BCUT2D eigenvalue weighted by atomic mass is 9.88. The summed E-state index contributed by atoms with van der Waals surface area (Å²) >= 11 is 0. The van der Waals surface area contributed by atoms with Crippen LogP contribution >= 0.6 is 0 Å². The summed E-state index contributed by atoms with van der Waals surface area (Å²) in [5.41, 5.74) is 3.15. The number of rotatable bonds is 2. The molecule has 4 nitrogen and oxygen atoms in total. The van der Waals surface area contributed by atoms with Crippen molar-refractivity contribution in [3.8, 4) is 0 Å². The molecule has 0 spiro atoms. The maximum atomic E-state index is 13.4. The highest BCUT2D eigenvalue weighted by atomic mass is 16.2. The Morgan fingerprint density at radius 2 is 1.27 bits per heavy atom. The van der Waals surface area contributed by atoms with Crippen molar-refractivity contribution in [2.75, 3.05) is 22.9 Å². The maximum Gasteiger partial charge on any atom is 0.242 e. The molecule has 0 unspecified atom stereocenters. The van der Waals surface area contributed by atoms with Gasteiger partial charge in [-0.1, -0.05) is 36.4 Å². The molecule has 0 atom stereocenters. The Morgan fingerprint density at radius 1 is 0.769 bits per heavy atom. The van der Waals surface area contributed by atoms with Gasteiger partial charge in [-0.2, -0.15) is 0 Å². The molecule has 0 N–H and O–H groups in total. The molecule has 0 fully saturated rings. The smallest absolute Gasteiger partial charge is 0.242 e. The number of hydrogen-bond donors (Lipinski definition) is 0. The molecule has 0 saturated heterocycles. The number of carbonyl (C=O) groups excluding carboxylic acids is 2. The van der Waals surface area contributed by atoms with Crippen LogP contribution in [0, 0.1) is 5.41 Å². The molecule has 4 rings (SSSR count). The lowest BCUT2D eigenvalue weighted by molar-refractivity contribution is -0.138. The molecule has 0 saturated carbocycles. The molecule has 4 heteroatoms. The van der Waals surface area contributed by atoms with Crippen LogP contribution in [-0.2, 0) is 22.4 Å². The topological polar surface area (TPSA) is 40.6 Å². The number of carbonyl (C=O) groups is 2. The number of aryl methyl sites for hydroxylation is 1. The first-order valence-electron chi connectivity index (χ1n) is 9.30. The van der Waals surface area contributed by atoms with Crippen LogP contribution in [0.1, 0.15) is 31.4 Å². The van der Waals surface area contributed by atoms with Crippen LogP contribution in [0.2, 0.25) is 0 Å². The monoisotopic (exact) mass is 348 g/mol. The SMILES string of the molecule is CC(C)(C(=O)N1CCCc2ccccc21)C(=O)N1CCc2ccccc21. The molecule has 2 amide bonds. The van der Waals surface area contributed by atoms with Crippen molar-refractivity contribution in [2.24, 2.45) is 5.41 Å². The van der Waals surface area contributed by atoms with Gasteiger partial charge in [-0.25, -0.2) is 0 Å². The molecule has 2 aliphatic rings. The van der Waals surface area contributed by atoms with Crippen LogP contribution in [0.3, 0.4) is 0 Å². The lowest BCUT2D eigenvalue weighted by Gasteiger charge is -2.36. The predicted molar refractivity (Wildman–Crippen MR) is 103 cm³/mol. The first kappa shape index (κ1) is 16.8. The van der Waals surface area contributed by atoms with Crippen LogP contribution in [0.4, 0.5) is 11.4 Å². The van der Waals surface area contributed by atoms with E-state index in [1.165, 1.54) is 11.1 Å². The molecule has 2 aromatic rings. The number of nitrogens with zero attached hydrogens (tertiary/aromatic N) is 2. The van der Waals surface area contributed by atoms with Gasteiger partial charge in [0, 0.05) is 24.5 Å². The minimum Gasteiger partial charge on any atom is -0.311 e. The fourth-order valence-electron chi connectivity index (χ4n) is 4.06.